The third-order valence-corrected chi connectivity index (χ3v) is 12.4. The molecular formula is C54H40N2. The molecule has 2 aromatic heterocycles. The van der Waals surface area contributed by atoms with E-state index in [1.54, 1.807) is 0 Å². The second-order valence-electron chi connectivity index (χ2n) is 15.8. The Labute approximate surface area is 327 Å². The molecule has 0 aliphatic heterocycles. The molecule has 2 heterocycles. The van der Waals surface area contributed by atoms with Crippen molar-refractivity contribution in [1.29, 1.82) is 0 Å². The Kier molecular flexibility index (Phi) is 7.21. The summed E-state index contributed by atoms with van der Waals surface area (Å²) in [6, 6.07) is 61.1. The van der Waals surface area contributed by atoms with Crippen LogP contribution in [0.3, 0.4) is 0 Å². The lowest BCUT2D eigenvalue weighted by atomic mass is 9.80. The van der Waals surface area contributed by atoms with Gasteiger partial charge in [-0.3, -0.25) is 4.98 Å². The summed E-state index contributed by atoms with van der Waals surface area (Å²) in [7, 11) is 0. The minimum absolute atomic E-state index is 0.0706. The predicted octanol–water partition coefficient (Wildman–Crippen LogP) is 14.4. The van der Waals surface area contributed by atoms with Crippen molar-refractivity contribution in [3.8, 4) is 50.2 Å². The minimum Gasteiger partial charge on any atom is -0.308 e. The molecule has 0 atom stereocenters. The summed E-state index contributed by atoms with van der Waals surface area (Å²) in [5.41, 5.74) is 17.7. The van der Waals surface area contributed by atoms with Crippen LogP contribution in [0.25, 0.3) is 93.5 Å². The fraction of sp³-hybridized carbons (Fsp3) is 0.0926. The van der Waals surface area contributed by atoms with Gasteiger partial charge in [0.15, 0.2) is 0 Å². The normalized spacial score (nSPS) is 13.1. The van der Waals surface area contributed by atoms with Gasteiger partial charge >= 0.3 is 0 Å². The third-order valence-electron chi connectivity index (χ3n) is 12.4. The van der Waals surface area contributed by atoms with Crippen LogP contribution >= 0.6 is 0 Å². The molecular weight excluding hydrogens is 677 g/mol. The second-order valence-corrected chi connectivity index (χ2v) is 15.8. The first-order valence-electron chi connectivity index (χ1n) is 19.8. The quantitative estimate of drug-likeness (QED) is 0.162. The number of aromatic nitrogens is 2. The summed E-state index contributed by atoms with van der Waals surface area (Å²) < 4.78 is 2.32. The molecule has 0 saturated carbocycles. The molecule has 2 heteroatoms. The van der Waals surface area contributed by atoms with E-state index in [-0.39, 0.29) is 5.41 Å². The Hall–Kier alpha value is -6.77. The minimum atomic E-state index is -0.0706. The largest absolute Gasteiger partial charge is 0.308 e. The molecule has 10 aromatic rings. The number of rotatable bonds is 5. The van der Waals surface area contributed by atoms with Gasteiger partial charge in [0.2, 0.25) is 0 Å². The monoisotopic (exact) mass is 716 g/mol. The van der Waals surface area contributed by atoms with Crippen LogP contribution in [0, 0.1) is 0 Å². The molecule has 0 fully saturated rings. The van der Waals surface area contributed by atoms with Crippen LogP contribution in [0.15, 0.2) is 176 Å². The number of fused-ring (bicyclic) bond motifs is 8. The fourth-order valence-electron chi connectivity index (χ4n) is 9.68. The van der Waals surface area contributed by atoms with Gasteiger partial charge in [-0.1, -0.05) is 142 Å². The molecule has 266 valence electrons. The fourth-order valence-corrected chi connectivity index (χ4v) is 9.68. The van der Waals surface area contributed by atoms with Gasteiger partial charge in [0.25, 0.3) is 0 Å². The van der Waals surface area contributed by atoms with Gasteiger partial charge in [-0.15, -0.1) is 0 Å². The highest BCUT2D eigenvalue weighted by atomic mass is 15.0. The van der Waals surface area contributed by atoms with Crippen LogP contribution in [-0.2, 0) is 11.8 Å². The van der Waals surface area contributed by atoms with Gasteiger partial charge in [0.05, 0.1) is 17.2 Å². The third kappa shape index (κ3) is 4.79. The van der Waals surface area contributed by atoms with Crippen LogP contribution in [0.2, 0.25) is 0 Å². The average molecular weight is 717 g/mol. The summed E-state index contributed by atoms with van der Waals surface area (Å²) >= 11 is 0. The van der Waals surface area contributed by atoms with Crippen LogP contribution in [0.1, 0.15) is 37.5 Å². The second kappa shape index (κ2) is 12.4. The van der Waals surface area contributed by atoms with Crippen LogP contribution in [0.5, 0.6) is 0 Å². The van der Waals surface area contributed by atoms with Gasteiger partial charge in [-0.25, -0.2) is 0 Å². The number of nitrogens with zero attached hydrogens (tertiary/aromatic N) is 2. The number of pyridine rings is 1. The molecule has 1 aliphatic carbocycles. The molecule has 0 spiro atoms. The van der Waals surface area contributed by atoms with Gasteiger partial charge < -0.3 is 4.57 Å². The summed E-state index contributed by atoms with van der Waals surface area (Å²) in [5, 5.41) is 7.57. The summed E-state index contributed by atoms with van der Waals surface area (Å²) in [6.07, 6.45) is 4.87. The van der Waals surface area contributed by atoms with E-state index >= 15 is 0 Å². The zero-order valence-corrected chi connectivity index (χ0v) is 31.8. The number of hydrogen-bond acceptors (Lipinski definition) is 1. The van der Waals surface area contributed by atoms with Crippen molar-refractivity contribution in [3.05, 3.63) is 193 Å². The molecule has 56 heavy (non-hydrogen) atoms. The Bertz CT molecular complexity index is 3200. The zero-order chi connectivity index (χ0) is 37.5. The Morgan fingerprint density at radius 3 is 1.98 bits per heavy atom. The smallest absolute Gasteiger partial charge is 0.0724 e. The van der Waals surface area contributed by atoms with Crippen LogP contribution < -0.4 is 0 Å². The number of benzene rings is 8. The summed E-state index contributed by atoms with van der Waals surface area (Å²) in [4.78, 5) is 4.52. The number of aryl methyl sites for hydroxylation is 1. The molecule has 11 rings (SSSR count). The van der Waals surface area contributed by atoms with E-state index in [0.29, 0.717) is 0 Å². The van der Waals surface area contributed by atoms with Gasteiger partial charge in [-0.05, 0) is 132 Å². The first-order valence-corrected chi connectivity index (χ1v) is 19.8. The van der Waals surface area contributed by atoms with E-state index in [2.05, 4.69) is 194 Å². The molecule has 1 aliphatic rings. The molecule has 0 radical (unpaired) electrons. The molecule has 2 nitrogen and oxygen atoms in total. The van der Waals surface area contributed by atoms with E-state index < -0.39 is 0 Å². The SMILES string of the molecule is CCc1ccc2c(-c3cccc(-c4ccc5c(c4)c4ccncc4n5-c4ccccc4)c3)c3ccccc3c(-c3ccc4c(c3)C(C)(C)c3ccccc3-4)c2c1. The van der Waals surface area contributed by atoms with E-state index in [1.807, 2.05) is 12.4 Å². The summed E-state index contributed by atoms with van der Waals surface area (Å²) in [6.45, 7) is 7.00. The Balaban J connectivity index is 1.11. The Morgan fingerprint density at radius 1 is 0.464 bits per heavy atom. The van der Waals surface area contributed by atoms with Crippen molar-refractivity contribution < 1.29 is 0 Å². The molecule has 0 N–H and O–H groups in total. The van der Waals surface area contributed by atoms with Crippen molar-refractivity contribution in [2.45, 2.75) is 32.6 Å². The maximum Gasteiger partial charge on any atom is 0.0724 e. The topological polar surface area (TPSA) is 17.8 Å². The lowest BCUT2D eigenvalue weighted by Crippen LogP contribution is -2.14. The first-order chi connectivity index (χ1) is 27.5. The average Bonchev–Trinajstić information content (AvgIpc) is 3.70. The first kappa shape index (κ1) is 32.6. The standard InChI is InChI=1S/C54H40N2/c1-4-34-21-24-45-47(29-34)53(38-22-25-41-40-17-10-11-20-48(40)54(2,3)49(41)32-38)44-19-9-8-18-43(44)52(45)37-14-12-13-35(30-37)36-23-26-50-46(31-36)42-27-28-55-33-51(42)56(50)39-15-6-5-7-16-39/h5-33H,4H2,1-3H3. The van der Waals surface area contributed by atoms with Crippen LogP contribution in [0.4, 0.5) is 0 Å². The Morgan fingerprint density at radius 2 is 1.14 bits per heavy atom. The maximum absolute atomic E-state index is 4.52. The van der Waals surface area contributed by atoms with Crippen molar-refractivity contribution in [2.75, 3.05) is 0 Å². The van der Waals surface area contributed by atoms with Crippen molar-refractivity contribution in [2.24, 2.45) is 0 Å². The highest BCUT2D eigenvalue weighted by molar-refractivity contribution is 6.22. The molecule has 0 saturated heterocycles. The summed E-state index contributed by atoms with van der Waals surface area (Å²) in [5.74, 6) is 0. The molecule has 0 bridgehead atoms. The molecule has 0 amide bonds. The number of para-hydroxylation sites is 1. The lowest BCUT2D eigenvalue weighted by molar-refractivity contribution is 0.660. The van der Waals surface area contributed by atoms with Crippen LogP contribution in [-0.4, -0.2) is 9.55 Å². The maximum atomic E-state index is 4.52. The van der Waals surface area contributed by atoms with E-state index in [1.165, 1.54) is 99.0 Å². The van der Waals surface area contributed by atoms with Crippen molar-refractivity contribution in [3.63, 3.8) is 0 Å². The molecule has 8 aromatic carbocycles. The van der Waals surface area contributed by atoms with E-state index in [0.717, 1.165) is 17.6 Å². The highest BCUT2D eigenvalue weighted by Gasteiger charge is 2.35. The highest BCUT2D eigenvalue weighted by Crippen LogP contribution is 2.51. The van der Waals surface area contributed by atoms with Crippen molar-refractivity contribution in [1.82, 2.24) is 9.55 Å². The van der Waals surface area contributed by atoms with E-state index in [4.69, 9.17) is 0 Å². The van der Waals surface area contributed by atoms with Gasteiger partial charge in [0, 0.05) is 28.1 Å². The predicted molar refractivity (Wildman–Crippen MR) is 237 cm³/mol. The van der Waals surface area contributed by atoms with Crippen molar-refractivity contribution >= 4 is 43.4 Å². The molecule has 0 unspecified atom stereocenters. The van der Waals surface area contributed by atoms with E-state index in [9.17, 15) is 0 Å². The van der Waals surface area contributed by atoms with Gasteiger partial charge in [0.1, 0.15) is 0 Å². The van der Waals surface area contributed by atoms with Gasteiger partial charge in [-0.2, -0.15) is 0 Å². The number of hydrogen-bond donors (Lipinski definition) is 0. The zero-order valence-electron chi connectivity index (χ0n) is 31.8. The lowest BCUT2D eigenvalue weighted by Gasteiger charge is -2.23.